The third kappa shape index (κ3) is 6.65. The largest absolute Gasteiger partial charge is 0.493 e. The number of anilines is 2. The van der Waals surface area contributed by atoms with Gasteiger partial charge in [-0.25, -0.2) is 8.42 Å². The van der Waals surface area contributed by atoms with Crippen LogP contribution in [0.5, 0.6) is 17.2 Å². The minimum absolute atomic E-state index is 0.0446. The van der Waals surface area contributed by atoms with Crippen LogP contribution in [-0.2, 0) is 14.8 Å². The van der Waals surface area contributed by atoms with Crippen LogP contribution in [0.15, 0.2) is 64.6 Å². The molecule has 14 heteroatoms. The van der Waals surface area contributed by atoms with E-state index >= 15 is 0 Å². The zero-order valence-electron chi connectivity index (χ0n) is 19.7. The number of nitro benzene ring substituents is 1. The second-order valence-corrected chi connectivity index (χ2v) is 9.30. The van der Waals surface area contributed by atoms with Gasteiger partial charge in [0.05, 0.1) is 41.8 Å². The number of non-ortho nitro benzene ring substituents is 1. The van der Waals surface area contributed by atoms with Crippen LogP contribution in [0.4, 0.5) is 17.1 Å². The number of hydrogen-bond donors (Lipinski definition) is 2. The van der Waals surface area contributed by atoms with E-state index in [1.165, 1.54) is 57.7 Å². The van der Waals surface area contributed by atoms with Gasteiger partial charge in [0.25, 0.3) is 15.7 Å². The summed E-state index contributed by atoms with van der Waals surface area (Å²) >= 11 is 6.06. The Kier molecular flexibility index (Phi) is 8.52. The minimum Gasteiger partial charge on any atom is -0.493 e. The summed E-state index contributed by atoms with van der Waals surface area (Å²) in [6.07, 6.45) is 1.32. The number of nitrogens with zero attached hydrogens (tertiary/aromatic N) is 2. The van der Waals surface area contributed by atoms with Gasteiger partial charge in [-0.15, -0.1) is 0 Å². The molecular weight excluding hydrogens is 528 g/mol. The number of ether oxygens (including phenoxy) is 3. The van der Waals surface area contributed by atoms with Crippen LogP contribution in [0.3, 0.4) is 0 Å². The SMILES string of the molecule is COc1cc(/C=N\Nc2ccc([N+](=O)[O-])cc2S(=O)(=O)Nc2ccccc2Cl)cc(OC)c1OC(C)=O. The maximum Gasteiger partial charge on any atom is 0.308 e. The van der Waals surface area contributed by atoms with Crippen molar-refractivity contribution in [3.05, 3.63) is 75.3 Å². The van der Waals surface area contributed by atoms with Crippen molar-refractivity contribution in [2.45, 2.75) is 11.8 Å². The van der Waals surface area contributed by atoms with Gasteiger partial charge in [-0.2, -0.15) is 5.10 Å². The van der Waals surface area contributed by atoms with Gasteiger partial charge in [-0.1, -0.05) is 23.7 Å². The highest BCUT2D eigenvalue weighted by Gasteiger charge is 2.23. The molecule has 0 aliphatic heterocycles. The monoisotopic (exact) mass is 548 g/mol. The molecule has 0 saturated carbocycles. The summed E-state index contributed by atoms with van der Waals surface area (Å²) in [5, 5.41) is 15.5. The number of halogens is 1. The molecule has 0 fully saturated rings. The Morgan fingerprint density at radius 2 is 1.70 bits per heavy atom. The Morgan fingerprint density at radius 3 is 2.27 bits per heavy atom. The Bertz CT molecular complexity index is 1450. The number of nitrogens with one attached hydrogen (secondary N) is 2. The highest BCUT2D eigenvalue weighted by atomic mass is 35.5. The molecule has 12 nitrogen and oxygen atoms in total. The Labute approximate surface area is 217 Å². The number of esters is 1. The van der Waals surface area contributed by atoms with Crippen LogP contribution in [0.25, 0.3) is 0 Å². The zero-order valence-corrected chi connectivity index (χ0v) is 21.3. The zero-order chi connectivity index (χ0) is 27.2. The molecule has 0 aliphatic rings. The number of benzene rings is 3. The molecule has 0 unspecified atom stereocenters. The molecule has 2 N–H and O–H groups in total. The van der Waals surface area contributed by atoms with E-state index in [9.17, 15) is 23.3 Å². The van der Waals surface area contributed by atoms with Crippen molar-refractivity contribution < 1.29 is 32.3 Å². The fourth-order valence-electron chi connectivity index (χ4n) is 3.08. The molecule has 0 amide bonds. The number of carbonyl (C=O) groups excluding carboxylic acids is 1. The molecule has 0 heterocycles. The lowest BCUT2D eigenvalue weighted by atomic mass is 10.2. The number of hydrazone groups is 1. The number of hydrogen-bond acceptors (Lipinski definition) is 10. The second kappa shape index (κ2) is 11.6. The summed E-state index contributed by atoms with van der Waals surface area (Å²) in [6.45, 7) is 1.23. The number of nitro groups is 1. The predicted molar refractivity (Wildman–Crippen MR) is 137 cm³/mol. The third-order valence-electron chi connectivity index (χ3n) is 4.71. The van der Waals surface area contributed by atoms with E-state index < -0.39 is 31.5 Å². The first-order valence-corrected chi connectivity index (χ1v) is 12.2. The number of sulfonamides is 1. The van der Waals surface area contributed by atoms with Crippen LogP contribution in [-0.4, -0.2) is 39.7 Å². The van der Waals surface area contributed by atoms with E-state index in [2.05, 4.69) is 15.2 Å². The highest BCUT2D eigenvalue weighted by Crippen LogP contribution is 2.38. The number of rotatable bonds is 10. The molecule has 3 aromatic rings. The molecule has 3 aromatic carbocycles. The van der Waals surface area contributed by atoms with Gasteiger partial charge in [0.2, 0.25) is 5.75 Å². The Balaban J connectivity index is 1.96. The number of para-hydroxylation sites is 1. The number of methoxy groups -OCH3 is 2. The molecular formula is C23H21ClN4O8S. The fourth-order valence-corrected chi connectivity index (χ4v) is 4.57. The summed E-state index contributed by atoms with van der Waals surface area (Å²) in [5.74, 6) is -0.105. The smallest absolute Gasteiger partial charge is 0.308 e. The van der Waals surface area contributed by atoms with Gasteiger partial charge in [-0.3, -0.25) is 25.1 Å². The molecule has 37 heavy (non-hydrogen) atoms. The number of carbonyl (C=O) groups is 1. The predicted octanol–water partition coefficient (Wildman–Crippen LogP) is 4.44. The lowest BCUT2D eigenvalue weighted by Gasteiger charge is -2.14. The van der Waals surface area contributed by atoms with E-state index in [0.29, 0.717) is 5.56 Å². The first-order valence-electron chi connectivity index (χ1n) is 10.3. The van der Waals surface area contributed by atoms with E-state index in [4.69, 9.17) is 25.8 Å². The van der Waals surface area contributed by atoms with Crippen molar-refractivity contribution in [2.75, 3.05) is 24.4 Å². The van der Waals surface area contributed by atoms with Crippen LogP contribution in [0.1, 0.15) is 12.5 Å². The van der Waals surface area contributed by atoms with Gasteiger partial charge in [0, 0.05) is 24.6 Å². The molecule has 0 atom stereocenters. The standard InChI is InChI=1S/C23H21ClN4O8S/c1-14(29)36-23-20(34-2)10-15(11-21(23)35-3)13-25-26-19-9-8-16(28(30)31)12-22(19)37(32,33)27-18-7-5-4-6-17(18)24/h4-13,26-27H,1-3H3/b25-13-. The molecule has 0 bridgehead atoms. The lowest BCUT2D eigenvalue weighted by molar-refractivity contribution is -0.385. The van der Waals surface area contributed by atoms with Crippen molar-refractivity contribution in [1.29, 1.82) is 0 Å². The maximum atomic E-state index is 13.1. The maximum absolute atomic E-state index is 13.1. The molecule has 194 valence electrons. The topological polar surface area (TPSA) is 158 Å². The van der Waals surface area contributed by atoms with Crippen LogP contribution >= 0.6 is 11.6 Å². The van der Waals surface area contributed by atoms with Gasteiger partial charge in [-0.05, 0) is 30.3 Å². The summed E-state index contributed by atoms with van der Waals surface area (Å²) in [4.78, 5) is 21.5. The second-order valence-electron chi connectivity index (χ2n) is 7.24. The van der Waals surface area contributed by atoms with Gasteiger partial charge < -0.3 is 14.2 Å². The van der Waals surface area contributed by atoms with Crippen molar-refractivity contribution in [2.24, 2.45) is 5.10 Å². The van der Waals surface area contributed by atoms with Crippen LogP contribution < -0.4 is 24.4 Å². The molecule has 0 aliphatic carbocycles. The molecule has 0 aromatic heterocycles. The fraction of sp³-hybridized carbons (Fsp3) is 0.130. The summed E-state index contributed by atoms with van der Waals surface area (Å²) in [7, 11) is -1.57. The molecule has 3 rings (SSSR count). The minimum atomic E-state index is -4.32. The van der Waals surface area contributed by atoms with E-state index in [1.54, 1.807) is 12.1 Å². The average molecular weight is 549 g/mol. The normalized spacial score (nSPS) is 11.1. The van der Waals surface area contributed by atoms with Gasteiger partial charge in [0.1, 0.15) is 4.90 Å². The molecule has 0 saturated heterocycles. The van der Waals surface area contributed by atoms with E-state index in [1.807, 2.05) is 0 Å². The highest BCUT2D eigenvalue weighted by molar-refractivity contribution is 7.93. The van der Waals surface area contributed by atoms with E-state index in [0.717, 1.165) is 12.1 Å². The summed E-state index contributed by atoms with van der Waals surface area (Å²) in [5.41, 5.74) is 2.64. The van der Waals surface area contributed by atoms with Crippen molar-refractivity contribution in [3.8, 4) is 17.2 Å². The summed E-state index contributed by atoms with van der Waals surface area (Å²) in [6, 6.07) is 12.4. The first kappa shape index (κ1) is 27.2. The average Bonchev–Trinajstić information content (AvgIpc) is 2.85. The summed E-state index contributed by atoms with van der Waals surface area (Å²) < 4.78 is 44.2. The Morgan fingerprint density at radius 1 is 1.05 bits per heavy atom. The quantitative estimate of drug-likeness (QED) is 0.123. The Hall–Kier alpha value is -4.36. The van der Waals surface area contributed by atoms with Crippen molar-refractivity contribution in [1.82, 2.24) is 0 Å². The van der Waals surface area contributed by atoms with Crippen LogP contribution in [0.2, 0.25) is 5.02 Å². The van der Waals surface area contributed by atoms with Crippen molar-refractivity contribution >= 4 is 50.9 Å². The van der Waals surface area contributed by atoms with Gasteiger partial charge >= 0.3 is 5.97 Å². The van der Waals surface area contributed by atoms with E-state index in [-0.39, 0.29) is 33.6 Å². The molecule has 0 radical (unpaired) electrons. The third-order valence-corrected chi connectivity index (χ3v) is 6.45. The molecule has 0 spiro atoms. The van der Waals surface area contributed by atoms with Crippen LogP contribution in [0, 0.1) is 10.1 Å². The lowest BCUT2D eigenvalue weighted by Crippen LogP contribution is -2.15. The van der Waals surface area contributed by atoms with Gasteiger partial charge in [0.15, 0.2) is 11.5 Å². The first-order chi connectivity index (χ1) is 17.6. The van der Waals surface area contributed by atoms with Crippen molar-refractivity contribution in [3.63, 3.8) is 0 Å².